The largest absolute Gasteiger partial charge is 0.478 e. The Morgan fingerprint density at radius 1 is 1.06 bits per heavy atom. The highest BCUT2D eigenvalue weighted by Crippen LogP contribution is 2.14. The van der Waals surface area contributed by atoms with Crippen LogP contribution in [0.25, 0.3) is 12.2 Å². The number of hydrogen-bond acceptors (Lipinski definition) is 1. The molecule has 18 heavy (non-hydrogen) atoms. The van der Waals surface area contributed by atoms with Gasteiger partial charge in [-0.15, -0.1) is 0 Å². The molecular weight excluding hydrogens is 224 g/mol. The van der Waals surface area contributed by atoms with Gasteiger partial charge in [0.2, 0.25) is 0 Å². The minimum atomic E-state index is -0.903. The zero-order valence-electron chi connectivity index (χ0n) is 10.1. The van der Waals surface area contributed by atoms with Gasteiger partial charge in [-0.1, -0.05) is 60.2 Å². The summed E-state index contributed by atoms with van der Waals surface area (Å²) in [5.74, 6) is -0.903. The Kier molecular flexibility index (Phi) is 3.58. The predicted octanol–water partition coefficient (Wildman–Crippen LogP) is 3.86. The zero-order valence-corrected chi connectivity index (χ0v) is 10.1. The highest BCUT2D eigenvalue weighted by atomic mass is 16.4. The maximum Gasteiger partial charge on any atom is 0.336 e. The Balaban J connectivity index is 2.32. The molecule has 2 rings (SSSR count). The summed E-state index contributed by atoms with van der Waals surface area (Å²) in [4.78, 5) is 11.1. The summed E-state index contributed by atoms with van der Waals surface area (Å²) in [5.41, 5.74) is 3.28. The third-order valence-corrected chi connectivity index (χ3v) is 2.69. The van der Waals surface area contributed by atoms with Crippen molar-refractivity contribution >= 4 is 18.1 Å². The van der Waals surface area contributed by atoms with Gasteiger partial charge in [0.05, 0.1) is 5.56 Å². The van der Waals surface area contributed by atoms with Crippen molar-refractivity contribution in [1.82, 2.24) is 0 Å². The Labute approximate surface area is 106 Å². The molecular formula is C16H14O2. The smallest absolute Gasteiger partial charge is 0.336 e. The van der Waals surface area contributed by atoms with Crippen molar-refractivity contribution in [1.29, 1.82) is 0 Å². The molecule has 0 atom stereocenters. The minimum Gasteiger partial charge on any atom is -0.478 e. The fourth-order valence-electron chi connectivity index (χ4n) is 1.80. The van der Waals surface area contributed by atoms with E-state index < -0.39 is 5.97 Å². The molecule has 0 aliphatic carbocycles. The summed E-state index contributed by atoms with van der Waals surface area (Å²) in [5, 5.41) is 9.07. The van der Waals surface area contributed by atoms with Gasteiger partial charge in [-0.2, -0.15) is 0 Å². The van der Waals surface area contributed by atoms with Crippen LogP contribution in [0.3, 0.4) is 0 Å². The van der Waals surface area contributed by atoms with E-state index in [2.05, 4.69) is 6.07 Å². The van der Waals surface area contributed by atoms with Crippen LogP contribution >= 0.6 is 0 Å². The fraction of sp³-hybridized carbons (Fsp3) is 0.0625. The predicted molar refractivity (Wildman–Crippen MR) is 73.5 cm³/mol. The summed E-state index contributed by atoms with van der Waals surface area (Å²) in [6, 6.07) is 15.0. The highest BCUT2D eigenvalue weighted by Gasteiger charge is 2.05. The van der Waals surface area contributed by atoms with Crippen molar-refractivity contribution < 1.29 is 9.90 Å². The number of benzene rings is 2. The number of carbonyl (C=O) groups is 1. The lowest BCUT2D eigenvalue weighted by molar-refractivity contribution is 0.0696. The first kappa shape index (κ1) is 12.1. The summed E-state index contributed by atoms with van der Waals surface area (Å²) in [7, 11) is 0. The number of aryl methyl sites for hydroxylation is 1. The van der Waals surface area contributed by atoms with E-state index in [0.717, 1.165) is 5.56 Å². The minimum absolute atomic E-state index is 0.321. The Bertz CT molecular complexity index is 598. The van der Waals surface area contributed by atoms with Crippen molar-refractivity contribution in [2.45, 2.75) is 6.92 Å². The molecule has 2 nitrogen and oxygen atoms in total. The molecule has 0 radical (unpaired) electrons. The van der Waals surface area contributed by atoms with Gasteiger partial charge in [-0.25, -0.2) is 4.79 Å². The second-order valence-corrected chi connectivity index (χ2v) is 4.14. The van der Waals surface area contributed by atoms with Gasteiger partial charge in [0.1, 0.15) is 0 Å². The van der Waals surface area contributed by atoms with Gasteiger partial charge >= 0.3 is 5.97 Å². The average Bonchev–Trinajstić information content (AvgIpc) is 2.37. The van der Waals surface area contributed by atoms with Crippen LogP contribution in [0, 0.1) is 6.92 Å². The third-order valence-electron chi connectivity index (χ3n) is 2.69. The first-order chi connectivity index (χ1) is 8.66. The molecule has 1 N–H and O–H groups in total. The van der Waals surface area contributed by atoms with Crippen LogP contribution in [0.2, 0.25) is 0 Å². The fourth-order valence-corrected chi connectivity index (χ4v) is 1.80. The van der Waals surface area contributed by atoms with Crippen molar-refractivity contribution in [2.75, 3.05) is 0 Å². The molecule has 0 unspecified atom stereocenters. The first-order valence-corrected chi connectivity index (χ1v) is 5.74. The van der Waals surface area contributed by atoms with Crippen molar-refractivity contribution in [3.63, 3.8) is 0 Å². The van der Waals surface area contributed by atoms with Gasteiger partial charge in [0.25, 0.3) is 0 Å². The molecule has 0 amide bonds. The Morgan fingerprint density at radius 3 is 2.56 bits per heavy atom. The van der Waals surface area contributed by atoms with Gasteiger partial charge < -0.3 is 5.11 Å². The van der Waals surface area contributed by atoms with Crippen LogP contribution < -0.4 is 0 Å². The Hall–Kier alpha value is -2.35. The first-order valence-electron chi connectivity index (χ1n) is 5.74. The number of aromatic carboxylic acids is 1. The van der Waals surface area contributed by atoms with E-state index in [1.165, 1.54) is 5.56 Å². The van der Waals surface area contributed by atoms with E-state index in [4.69, 9.17) is 5.11 Å². The van der Waals surface area contributed by atoms with Gasteiger partial charge in [-0.3, -0.25) is 0 Å². The number of hydrogen-bond donors (Lipinski definition) is 1. The van der Waals surface area contributed by atoms with Crippen molar-refractivity contribution in [3.8, 4) is 0 Å². The Morgan fingerprint density at radius 2 is 1.83 bits per heavy atom. The van der Waals surface area contributed by atoms with Gasteiger partial charge in [0, 0.05) is 0 Å². The molecule has 90 valence electrons. The molecule has 0 heterocycles. The van der Waals surface area contributed by atoms with Gasteiger partial charge in [0.15, 0.2) is 0 Å². The molecule has 0 bridgehead atoms. The summed E-state index contributed by atoms with van der Waals surface area (Å²) >= 11 is 0. The summed E-state index contributed by atoms with van der Waals surface area (Å²) in [6.07, 6.45) is 3.76. The van der Waals surface area contributed by atoms with E-state index in [1.807, 2.05) is 43.3 Å². The quantitative estimate of drug-likeness (QED) is 0.824. The topological polar surface area (TPSA) is 37.3 Å². The maximum atomic E-state index is 11.1. The molecule has 0 saturated heterocycles. The van der Waals surface area contributed by atoms with Crippen LogP contribution in [-0.4, -0.2) is 11.1 Å². The van der Waals surface area contributed by atoms with E-state index in [-0.39, 0.29) is 0 Å². The van der Waals surface area contributed by atoms with Crippen molar-refractivity contribution in [2.24, 2.45) is 0 Å². The van der Waals surface area contributed by atoms with Gasteiger partial charge in [-0.05, 0) is 24.1 Å². The lowest BCUT2D eigenvalue weighted by Crippen LogP contribution is -1.98. The molecule has 0 aliphatic rings. The standard InChI is InChI=1S/C16H14O2/c1-12-5-4-6-13(11-12)9-10-14-7-2-3-8-15(14)16(17)18/h2-11H,1H3,(H,17,18). The average molecular weight is 238 g/mol. The maximum absolute atomic E-state index is 11.1. The molecule has 0 saturated carbocycles. The second-order valence-electron chi connectivity index (χ2n) is 4.14. The molecule has 2 aromatic carbocycles. The SMILES string of the molecule is Cc1cccc(C=Cc2ccccc2C(=O)O)c1. The van der Waals surface area contributed by atoms with Crippen LogP contribution in [0.15, 0.2) is 48.5 Å². The van der Waals surface area contributed by atoms with Crippen LogP contribution in [0.5, 0.6) is 0 Å². The molecule has 0 aromatic heterocycles. The van der Waals surface area contributed by atoms with Crippen LogP contribution in [0.1, 0.15) is 27.0 Å². The molecule has 2 heteroatoms. The lowest BCUT2D eigenvalue weighted by Gasteiger charge is -2.00. The monoisotopic (exact) mass is 238 g/mol. The lowest BCUT2D eigenvalue weighted by atomic mass is 10.1. The number of rotatable bonds is 3. The molecule has 0 spiro atoms. The molecule has 0 fully saturated rings. The zero-order chi connectivity index (χ0) is 13.0. The summed E-state index contributed by atoms with van der Waals surface area (Å²) in [6.45, 7) is 2.03. The summed E-state index contributed by atoms with van der Waals surface area (Å²) < 4.78 is 0. The van der Waals surface area contributed by atoms with Crippen LogP contribution in [0.4, 0.5) is 0 Å². The third kappa shape index (κ3) is 2.86. The number of carboxylic acids is 1. The normalized spacial score (nSPS) is 10.7. The van der Waals surface area contributed by atoms with E-state index in [1.54, 1.807) is 18.2 Å². The second kappa shape index (κ2) is 5.32. The molecule has 2 aromatic rings. The van der Waals surface area contributed by atoms with Crippen molar-refractivity contribution in [3.05, 3.63) is 70.8 Å². The van der Waals surface area contributed by atoms with E-state index >= 15 is 0 Å². The van der Waals surface area contributed by atoms with Crippen LogP contribution in [-0.2, 0) is 0 Å². The number of carboxylic acid groups (broad SMARTS) is 1. The molecule has 0 aliphatic heterocycles. The van der Waals surface area contributed by atoms with E-state index in [0.29, 0.717) is 11.1 Å². The highest BCUT2D eigenvalue weighted by molar-refractivity contribution is 5.93. The van der Waals surface area contributed by atoms with E-state index in [9.17, 15) is 4.79 Å².